The molecule has 3 nitrogen and oxygen atoms in total. The highest BCUT2D eigenvalue weighted by Gasteiger charge is 2.11. The molecule has 0 aliphatic carbocycles. The molecule has 72 valence electrons. The van der Waals surface area contributed by atoms with Crippen molar-refractivity contribution in [2.75, 3.05) is 5.32 Å². The third kappa shape index (κ3) is 3.03. The largest absolute Gasteiger partial charge is 0.379 e. The first kappa shape index (κ1) is 9.99. The molecule has 0 atom stereocenters. The quantitative estimate of drug-likeness (QED) is 0.727. The van der Waals surface area contributed by atoms with Crippen molar-refractivity contribution in [2.45, 2.75) is 32.9 Å². The molecule has 1 heterocycles. The summed E-state index contributed by atoms with van der Waals surface area (Å²) in [5, 5.41) is 3.36. The van der Waals surface area contributed by atoms with Gasteiger partial charge in [-0.05, 0) is 32.9 Å². The summed E-state index contributed by atoms with van der Waals surface area (Å²) in [4.78, 5) is 4.19. The predicted molar refractivity (Wildman–Crippen MR) is 55.5 cm³/mol. The number of hydrogen-bond donors (Lipinski definition) is 2. The van der Waals surface area contributed by atoms with Gasteiger partial charge in [-0.1, -0.05) is 0 Å². The van der Waals surface area contributed by atoms with Crippen LogP contribution in [0.3, 0.4) is 0 Å². The van der Waals surface area contributed by atoms with Gasteiger partial charge in [-0.2, -0.15) is 0 Å². The van der Waals surface area contributed by atoms with Crippen LogP contribution in [0.4, 0.5) is 5.69 Å². The molecule has 3 N–H and O–H groups in total. The van der Waals surface area contributed by atoms with E-state index in [-0.39, 0.29) is 5.54 Å². The normalized spacial score (nSPS) is 11.4. The van der Waals surface area contributed by atoms with Crippen molar-refractivity contribution in [1.82, 2.24) is 4.98 Å². The lowest BCUT2D eigenvalue weighted by atomic mass is 10.1. The van der Waals surface area contributed by atoms with Gasteiger partial charge in [-0.15, -0.1) is 0 Å². The highest BCUT2D eigenvalue weighted by molar-refractivity contribution is 5.49. The van der Waals surface area contributed by atoms with E-state index < -0.39 is 0 Å². The van der Waals surface area contributed by atoms with E-state index in [1.165, 1.54) is 0 Å². The van der Waals surface area contributed by atoms with E-state index in [0.29, 0.717) is 6.54 Å². The fraction of sp³-hybridized carbons (Fsp3) is 0.500. The van der Waals surface area contributed by atoms with Crippen molar-refractivity contribution in [3.8, 4) is 0 Å². The van der Waals surface area contributed by atoms with Crippen molar-refractivity contribution < 1.29 is 0 Å². The number of pyridine rings is 1. The molecule has 3 heteroatoms. The molecule has 0 bridgehead atoms. The number of rotatable bonds is 2. The van der Waals surface area contributed by atoms with Gasteiger partial charge in [0.25, 0.3) is 0 Å². The lowest BCUT2D eigenvalue weighted by Crippen LogP contribution is -2.27. The Labute approximate surface area is 79.4 Å². The highest BCUT2D eigenvalue weighted by Crippen LogP contribution is 2.16. The van der Waals surface area contributed by atoms with Crippen LogP contribution < -0.4 is 11.1 Å². The Hall–Kier alpha value is -1.09. The van der Waals surface area contributed by atoms with Gasteiger partial charge in [0.2, 0.25) is 0 Å². The molecule has 0 spiro atoms. The second kappa shape index (κ2) is 3.75. The second-order valence-corrected chi connectivity index (χ2v) is 4.08. The van der Waals surface area contributed by atoms with Crippen LogP contribution in [0.2, 0.25) is 0 Å². The molecule has 0 unspecified atom stereocenters. The first-order valence-corrected chi connectivity index (χ1v) is 4.45. The van der Waals surface area contributed by atoms with Crippen molar-refractivity contribution in [1.29, 1.82) is 0 Å². The van der Waals surface area contributed by atoms with E-state index in [4.69, 9.17) is 5.73 Å². The highest BCUT2D eigenvalue weighted by atomic mass is 15.0. The first-order chi connectivity index (χ1) is 6.03. The Morgan fingerprint density at radius 2 is 2.15 bits per heavy atom. The maximum absolute atomic E-state index is 5.57. The summed E-state index contributed by atoms with van der Waals surface area (Å²) in [5.41, 5.74) is 7.56. The summed E-state index contributed by atoms with van der Waals surface area (Å²) in [6.07, 6.45) is 1.76. The fourth-order valence-corrected chi connectivity index (χ4v) is 1.12. The standard InChI is InChI=1S/C10H17N3/c1-10(2,3)13-8-5-4-6-12-9(8)7-11/h4-6,13H,7,11H2,1-3H3. The number of anilines is 1. The molecule has 0 saturated carbocycles. The molecule has 1 rings (SSSR count). The van der Waals surface area contributed by atoms with Crippen molar-refractivity contribution in [2.24, 2.45) is 5.73 Å². The smallest absolute Gasteiger partial charge is 0.0770 e. The van der Waals surface area contributed by atoms with E-state index in [1.54, 1.807) is 6.20 Å². The number of nitrogens with two attached hydrogens (primary N) is 1. The molecule has 0 saturated heterocycles. The lowest BCUT2D eigenvalue weighted by Gasteiger charge is -2.23. The predicted octanol–water partition coefficient (Wildman–Crippen LogP) is 1.75. The topological polar surface area (TPSA) is 50.9 Å². The lowest BCUT2D eigenvalue weighted by molar-refractivity contribution is 0.631. The van der Waals surface area contributed by atoms with Crippen LogP contribution in [-0.4, -0.2) is 10.5 Å². The molecule has 0 aromatic carbocycles. The van der Waals surface area contributed by atoms with Gasteiger partial charge >= 0.3 is 0 Å². The molecule has 0 fully saturated rings. The first-order valence-electron chi connectivity index (χ1n) is 4.45. The number of nitrogens with one attached hydrogen (secondary N) is 1. The Balaban J connectivity index is 2.87. The maximum atomic E-state index is 5.57. The summed E-state index contributed by atoms with van der Waals surface area (Å²) in [7, 11) is 0. The van der Waals surface area contributed by atoms with E-state index in [9.17, 15) is 0 Å². The van der Waals surface area contributed by atoms with Crippen LogP contribution in [0.25, 0.3) is 0 Å². The van der Waals surface area contributed by atoms with E-state index in [0.717, 1.165) is 11.4 Å². The van der Waals surface area contributed by atoms with E-state index in [1.807, 2.05) is 12.1 Å². The minimum absolute atomic E-state index is 0.0486. The molecule has 0 aliphatic rings. The minimum atomic E-state index is 0.0486. The van der Waals surface area contributed by atoms with Crippen molar-refractivity contribution in [3.05, 3.63) is 24.0 Å². The molecule has 1 aromatic heterocycles. The summed E-state index contributed by atoms with van der Waals surface area (Å²) in [6.45, 7) is 6.81. The molecule has 13 heavy (non-hydrogen) atoms. The summed E-state index contributed by atoms with van der Waals surface area (Å²) >= 11 is 0. The number of nitrogens with zero attached hydrogens (tertiary/aromatic N) is 1. The third-order valence-electron chi connectivity index (χ3n) is 1.59. The Kier molecular flexibility index (Phi) is 2.88. The van der Waals surface area contributed by atoms with Crippen LogP contribution in [0.1, 0.15) is 26.5 Å². The number of hydrogen-bond acceptors (Lipinski definition) is 3. The number of aromatic nitrogens is 1. The Bertz CT molecular complexity index is 276. The van der Waals surface area contributed by atoms with Crippen molar-refractivity contribution in [3.63, 3.8) is 0 Å². The molecular weight excluding hydrogens is 162 g/mol. The third-order valence-corrected chi connectivity index (χ3v) is 1.59. The van der Waals surface area contributed by atoms with Gasteiger partial charge in [0, 0.05) is 18.3 Å². The van der Waals surface area contributed by atoms with Crippen LogP contribution in [0.5, 0.6) is 0 Å². The van der Waals surface area contributed by atoms with E-state index in [2.05, 4.69) is 31.1 Å². The van der Waals surface area contributed by atoms with E-state index >= 15 is 0 Å². The van der Waals surface area contributed by atoms with Gasteiger partial charge in [0.05, 0.1) is 11.4 Å². The summed E-state index contributed by atoms with van der Waals surface area (Å²) in [6, 6.07) is 3.91. The monoisotopic (exact) mass is 179 g/mol. The average Bonchev–Trinajstić information content (AvgIpc) is 2.02. The van der Waals surface area contributed by atoms with Crippen LogP contribution in [-0.2, 0) is 6.54 Å². The maximum Gasteiger partial charge on any atom is 0.0770 e. The zero-order chi connectivity index (χ0) is 9.90. The molecule has 0 aliphatic heterocycles. The van der Waals surface area contributed by atoms with Gasteiger partial charge in [0.1, 0.15) is 0 Å². The van der Waals surface area contributed by atoms with Gasteiger partial charge in [0.15, 0.2) is 0 Å². The zero-order valence-corrected chi connectivity index (χ0v) is 8.46. The minimum Gasteiger partial charge on any atom is -0.379 e. The van der Waals surface area contributed by atoms with Gasteiger partial charge in [-0.3, -0.25) is 4.98 Å². The SMILES string of the molecule is CC(C)(C)Nc1cccnc1CN. The summed E-state index contributed by atoms with van der Waals surface area (Å²) < 4.78 is 0. The molecule has 0 radical (unpaired) electrons. The molecule has 1 aromatic rings. The van der Waals surface area contributed by atoms with Crippen molar-refractivity contribution >= 4 is 5.69 Å². The molecular formula is C10H17N3. The zero-order valence-electron chi connectivity index (χ0n) is 8.46. The summed E-state index contributed by atoms with van der Waals surface area (Å²) in [5.74, 6) is 0. The van der Waals surface area contributed by atoms with Crippen LogP contribution >= 0.6 is 0 Å². The van der Waals surface area contributed by atoms with Crippen LogP contribution in [0.15, 0.2) is 18.3 Å². The van der Waals surface area contributed by atoms with Crippen LogP contribution in [0, 0.1) is 0 Å². The molecule has 0 amide bonds. The Morgan fingerprint density at radius 1 is 1.46 bits per heavy atom. The average molecular weight is 179 g/mol. The fourth-order valence-electron chi connectivity index (χ4n) is 1.12. The van der Waals surface area contributed by atoms with Gasteiger partial charge < -0.3 is 11.1 Å². The second-order valence-electron chi connectivity index (χ2n) is 4.08. The van der Waals surface area contributed by atoms with Gasteiger partial charge in [-0.25, -0.2) is 0 Å². The Morgan fingerprint density at radius 3 is 2.69 bits per heavy atom.